The van der Waals surface area contributed by atoms with Gasteiger partial charge in [-0.3, -0.25) is 13.6 Å². The second-order valence-corrected chi connectivity index (χ2v) is 10.5. The number of nitrogens with two attached hydrogens (primary N) is 1. The van der Waals surface area contributed by atoms with Crippen LogP contribution >= 0.6 is 19.4 Å². The molecule has 0 aliphatic carbocycles. The molecule has 0 saturated carbocycles. The molecule has 2 aliphatic rings. The van der Waals surface area contributed by atoms with Gasteiger partial charge in [-0.1, -0.05) is 23.7 Å². The molecule has 4 heterocycles. The Morgan fingerprint density at radius 2 is 2.12 bits per heavy atom. The van der Waals surface area contributed by atoms with Gasteiger partial charge in [0.2, 0.25) is 0 Å². The number of benzene rings is 1. The molecular formula is C21H24ClN4O6P. The lowest BCUT2D eigenvalue weighted by molar-refractivity contribution is -0.0866. The fourth-order valence-corrected chi connectivity index (χ4v) is 5.78. The van der Waals surface area contributed by atoms with Gasteiger partial charge in [0.15, 0.2) is 6.23 Å². The minimum absolute atomic E-state index is 0.0758. The first-order valence-corrected chi connectivity index (χ1v) is 12.4. The number of nitrogens with zero attached hydrogens (tertiary/aromatic N) is 3. The van der Waals surface area contributed by atoms with E-state index < -0.39 is 31.9 Å². The van der Waals surface area contributed by atoms with Crippen LogP contribution in [0.25, 0.3) is 11.0 Å². The number of nitrogen functional groups attached to an aromatic ring is 1. The van der Waals surface area contributed by atoms with Gasteiger partial charge in [-0.2, -0.15) is 0 Å². The van der Waals surface area contributed by atoms with E-state index in [2.05, 4.69) is 9.97 Å². The Kier molecular flexibility index (Phi) is 5.95. The zero-order valence-corrected chi connectivity index (χ0v) is 19.5. The number of rotatable bonds is 5. The number of phosphoric ester groups is 1. The molecule has 3 N–H and O–H groups in total. The van der Waals surface area contributed by atoms with Gasteiger partial charge in [-0.05, 0) is 30.7 Å². The van der Waals surface area contributed by atoms with E-state index in [0.29, 0.717) is 28.3 Å². The molecule has 3 aromatic rings. The highest BCUT2D eigenvalue weighted by molar-refractivity contribution is 7.48. The smallest absolute Gasteiger partial charge is 0.385 e. The van der Waals surface area contributed by atoms with Crippen molar-refractivity contribution >= 4 is 36.3 Å². The van der Waals surface area contributed by atoms with Crippen molar-refractivity contribution in [2.75, 3.05) is 18.9 Å². The van der Waals surface area contributed by atoms with Crippen LogP contribution in [0.15, 0.2) is 42.9 Å². The Labute approximate surface area is 195 Å². The number of fused-ring (bicyclic) bond motifs is 1. The van der Waals surface area contributed by atoms with Crippen LogP contribution in [-0.4, -0.2) is 44.6 Å². The Balaban J connectivity index is 1.27. The summed E-state index contributed by atoms with van der Waals surface area (Å²) in [5, 5.41) is 12.3. The van der Waals surface area contributed by atoms with Crippen molar-refractivity contribution in [3.05, 3.63) is 53.4 Å². The number of aliphatic hydroxyl groups is 1. The van der Waals surface area contributed by atoms with Crippen molar-refractivity contribution in [2.45, 2.75) is 43.8 Å². The van der Waals surface area contributed by atoms with E-state index in [1.807, 2.05) is 12.1 Å². The van der Waals surface area contributed by atoms with Crippen molar-refractivity contribution < 1.29 is 28.0 Å². The molecule has 0 radical (unpaired) electrons. The SMILES string of the molecule is C[C@@]1(O)C[C@@H](COP2(=O)OCC[C@H](c3ccc(Cl)cc3)O2)O[C@H]1n1ccc2c(N)ncnc21. The van der Waals surface area contributed by atoms with E-state index in [0.717, 1.165) is 5.56 Å². The lowest BCUT2D eigenvalue weighted by atomic mass is 10.0. The summed E-state index contributed by atoms with van der Waals surface area (Å²) >= 11 is 5.95. The van der Waals surface area contributed by atoms with Gasteiger partial charge >= 0.3 is 7.82 Å². The number of hydrogen-bond acceptors (Lipinski definition) is 9. The maximum atomic E-state index is 13.1. The summed E-state index contributed by atoms with van der Waals surface area (Å²) in [5.41, 5.74) is 6.08. The van der Waals surface area contributed by atoms with Crippen LogP contribution in [0.5, 0.6) is 0 Å². The van der Waals surface area contributed by atoms with Crippen molar-refractivity contribution in [3.63, 3.8) is 0 Å². The fourth-order valence-electron chi connectivity index (χ4n) is 4.24. The second-order valence-electron chi connectivity index (χ2n) is 8.40. The predicted octanol–water partition coefficient (Wildman–Crippen LogP) is 4.01. The number of anilines is 1. The molecule has 12 heteroatoms. The summed E-state index contributed by atoms with van der Waals surface area (Å²) < 4.78 is 37.5. The normalized spacial score (nSPS) is 32.4. The molecular weight excluding hydrogens is 471 g/mol. The van der Waals surface area contributed by atoms with Gasteiger partial charge in [0.05, 0.1) is 30.8 Å². The second kappa shape index (κ2) is 8.63. The molecule has 2 saturated heterocycles. The molecule has 1 unspecified atom stereocenters. The van der Waals surface area contributed by atoms with E-state index in [1.54, 1.807) is 35.9 Å². The average Bonchev–Trinajstić information content (AvgIpc) is 3.33. The van der Waals surface area contributed by atoms with Gasteiger partial charge in [-0.25, -0.2) is 14.5 Å². The van der Waals surface area contributed by atoms with Gasteiger partial charge < -0.3 is 20.1 Å². The molecule has 0 spiro atoms. The highest BCUT2D eigenvalue weighted by Crippen LogP contribution is 2.57. The quantitative estimate of drug-likeness (QED) is 0.505. The van der Waals surface area contributed by atoms with Crippen LogP contribution in [0.3, 0.4) is 0 Å². The Hall–Kier alpha value is -2.04. The largest absolute Gasteiger partial charge is 0.475 e. The number of aromatic nitrogens is 3. The van der Waals surface area contributed by atoms with Crippen molar-refractivity contribution in [1.82, 2.24) is 14.5 Å². The van der Waals surface area contributed by atoms with Crippen LogP contribution in [-0.2, 0) is 22.9 Å². The van der Waals surface area contributed by atoms with Gasteiger partial charge in [0, 0.05) is 24.1 Å². The highest BCUT2D eigenvalue weighted by atomic mass is 35.5. The topological polar surface area (TPSA) is 131 Å². The van der Waals surface area contributed by atoms with Crippen LogP contribution in [0.1, 0.15) is 37.7 Å². The van der Waals surface area contributed by atoms with E-state index in [9.17, 15) is 9.67 Å². The summed E-state index contributed by atoms with van der Waals surface area (Å²) in [7, 11) is -3.81. The predicted molar refractivity (Wildman–Crippen MR) is 120 cm³/mol. The molecule has 0 bridgehead atoms. The molecule has 33 heavy (non-hydrogen) atoms. The zero-order chi connectivity index (χ0) is 23.2. The van der Waals surface area contributed by atoms with Crippen LogP contribution < -0.4 is 5.73 Å². The van der Waals surface area contributed by atoms with Crippen molar-refractivity contribution in [3.8, 4) is 0 Å². The molecule has 1 aromatic carbocycles. The molecule has 2 aliphatic heterocycles. The van der Waals surface area contributed by atoms with E-state index >= 15 is 0 Å². The summed E-state index contributed by atoms with van der Waals surface area (Å²) in [6.45, 7) is 1.82. The zero-order valence-electron chi connectivity index (χ0n) is 17.8. The number of phosphoric acid groups is 1. The standard InChI is InChI=1S/C21H24ClN4O6P/c1-21(27)10-15(31-20(21)26-8-6-16-18(23)24-12-25-19(16)26)11-30-33(28)29-9-7-17(32-33)13-2-4-14(22)5-3-13/h2-6,8,12,15,17,20,27H,7,9-11H2,1H3,(H2,23,24,25)/t15-,17+,20+,21+,33?/m0/s1. The lowest BCUT2D eigenvalue weighted by Gasteiger charge is -2.29. The monoisotopic (exact) mass is 494 g/mol. The average molecular weight is 495 g/mol. The minimum atomic E-state index is -3.81. The summed E-state index contributed by atoms with van der Waals surface area (Å²) in [5.74, 6) is 0.344. The lowest BCUT2D eigenvalue weighted by Crippen LogP contribution is -2.31. The Morgan fingerprint density at radius 3 is 2.91 bits per heavy atom. The molecule has 2 aromatic heterocycles. The Morgan fingerprint density at radius 1 is 1.33 bits per heavy atom. The fraction of sp³-hybridized carbons (Fsp3) is 0.429. The summed E-state index contributed by atoms with van der Waals surface area (Å²) in [4.78, 5) is 8.25. The molecule has 5 rings (SSSR count). The van der Waals surface area contributed by atoms with Crippen LogP contribution in [0.4, 0.5) is 5.82 Å². The van der Waals surface area contributed by atoms with Crippen LogP contribution in [0, 0.1) is 0 Å². The van der Waals surface area contributed by atoms with Gasteiger partial charge in [0.25, 0.3) is 0 Å². The third-order valence-corrected chi connectivity index (χ3v) is 7.56. The van der Waals surface area contributed by atoms with E-state index in [1.165, 1.54) is 6.33 Å². The van der Waals surface area contributed by atoms with Crippen LogP contribution in [0.2, 0.25) is 5.02 Å². The Bertz CT molecular complexity index is 1200. The molecule has 2 fully saturated rings. The first-order chi connectivity index (χ1) is 15.7. The first-order valence-electron chi connectivity index (χ1n) is 10.5. The number of halogens is 1. The number of hydrogen-bond donors (Lipinski definition) is 2. The van der Waals surface area contributed by atoms with Gasteiger partial charge in [0.1, 0.15) is 23.4 Å². The molecule has 5 atom stereocenters. The molecule has 10 nitrogen and oxygen atoms in total. The first kappa shape index (κ1) is 22.7. The minimum Gasteiger partial charge on any atom is -0.385 e. The van der Waals surface area contributed by atoms with E-state index in [4.69, 9.17) is 35.6 Å². The highest BCUT2D eigenvalue weighted by Gasteiger charge is 2.47. The maximum absolute atomic E-state index is 13.1. The third kappa shape index (κ3) is 4.52. The number of ether oxygens (including phenoxy) is 1. The third-order valence-electron chi connectivity index (χ3n) is 5.83. The van der Waals surface area contributed by atoms with E-state index in [-0.39, 0.29) is 19.6 Å². The summed E-state index contributed by atoms with van der Waals surface area (Å²) in [6.07, 6.45) is 2.17. The maximum Gasteiger partial charge on any atom is 0.475 e. The van der Waals surface area contributed by atoms with Crippen molar-refractivity contribution in [2.24, 2.45) is 0 Å². The van der Waals surface area contributed by atoms with Crippen molar-refractivity contribution in [1.29, 1.82) is 0 Å². The summed E-state index contributed by atoms with van der Waals surface area (Å²) in [6, 6.07) is 8.91. The molecule has 0 amide bonds. The molecule has 176 valence electrons. The van der Waals surface area contributed by atoms with Gasteiger partial charge in [-0.15, -0.1) is 0 Å².